The summed E-state index contributed by atoms with van der Waals surface area (Å²) >= 11 is 0. The summed E-state index contributed by atoms with van der Waals surface area (Å²) in [5.41, 5.74) is 4.35. The second-order valence-corrected chi connectivity index (χ2v) is 18.7. The highest BCUT2D eigenvalue weighted by molar-refractivity contribution is 6.74. The topological polar surface area (TPSA) is 121 Å². The van der Waals surface area contributed by atoms with Crippen molar-refractivity contribution in [2.24, 2.45) is 7.05 Å². The molecule has 0 bridgehead atoms. The molecule has 12 heteroatoms. The quantitative estimate of drug-likeness (QED) is 0.351. The van der Waals surface area contributed by atoms with Gasteiger partial charge >= 0.3 is 7.05 Å². The van der Waals surface area contributed by atoms with E-state index in [0.29, 0.717) is 49.4 Å². The van der Waals surface area contributed by atoms with Crippen LogP contribution in [-0.2, 0) is 27.0 Å². The summed E-state index contributed by atoms with van der Waals surface area (Å²) in [5, 5.41) is 28.9. The SMILES string of the molecule is CB(O)N1CC(C)(CO[Si](C)(C)C(C)(C)C)c2cc(-c3ccnc(Nc4cc(C5(C)COC5)n(C)n4)n3)cc(C#N)c21. The Kier molecular flexibility index (Phi) is 7.55. The van der Waals surface area contributed by atoms with Crippen LogP contribution in [-0.4, -0.2) is 66.5 Å². The largest absolute Gasteiger partial charge is 0.432 e. The highest BCUT2D eigenvalue weighted by Gasteiger charge is 2.46. The fourth-order valence-electron chi connectivity index (χ4n) is 5.52. The monoisotopic (exact) mass is 587 g/mol. The first kappa shape index (κ1) is 30.2. The van der Waals surface area contributed by atoms with E-state index < -0.39 is 20.8 Å². The summed E-state index contributed by atoms with van der Waals surface area (Å²) in [7, 11) is -0.855. The lowest BCUT2D eigenvalue weighted by molar-refractivity contribution is -0.0537. The maximum Gasteiger partial charge on any atom is 0.409 e. The van der Waals surface area contributed by atoms with Crippen molar-refractivity contribution in [3.8, 4) is 17.3 Å². The molecule has 1 atom stereocenters. The second-order valence-electron chi connectivity index (χ2n) is 13.9. The van der Waals surface area contributed by atoms with E-state index in [0.717, 1.165) is 22.5 Å². The smallest absolute Gasteiger partial charge is 0.409 e. The summed E-state index contributed by atoms with van der Waals surface area (Å²) in [6.45, 7) is 19.6. The molecule has 222 valence electrons. The van der Waals surface area contributed by atoms with Gasteiger partial charge in [-0.05, 0) is 55.6 Å². The van der Waals surface area contributed by atoms with Crippen LogP contribution in [0.2, 0.25) is 25.0 Å². The van der Waals surface area contributed by atoms with Crippen LogP contribution in [0.5, 0.6) is 0 Å². The summed E-state index contributed by atoms with van der Waals surface area (Å²) in [4.78, 5) is 11.1. The molecule has 1 saturated heterocycles. The fourth-order valence-corrected chi connectivity index (χ4v) is 6.63. The first-order valence-corrected chi connectivity index (χ1v) is 17.4. The minimum absolute atomic E-state index is 0.0522. The van der Waals surface area contributed by atoms with Crippen LogP contribution in [0.1, 0.15) is 51.4 Å². The van der Waals surface area contributed by atoms with Gasteiger partial charge in [0.2, 0.25) is 5.95 Å². The van der Waals surface area contributed by atoms with Gasteiger partial charge in [0.05, 0.1) is 35.6 Å². The summed E-state index contributed by atoms with van der Waals surface area (Å²) in [6, 6.07) is 10.2. The molecule has 3 aromatic rings. The van der Waals surface area contributed by atoms with Gasteiger partial charge in [0, 0.05) is 49.1 Å². The van der Waals surface area contributed by atoms with Crippen molar-refractivity contribution in [2.45, 2.75) is 70.4 Å². The lowest BCUT2D eigenvalue weighted by Crippen LogP contribution is -2.47. The van der Waals surface area contributed by atoms with Gasteiger partial charge in [-0.2, -0.15) is 10.4 Å². The van der Waals surface area contributed by atoms with Crippen molar-refractivity contribution in [3.05, 3.63) is 47.3 Å². The number of nitrogens with one attached hydrogen (secondary N) is 1. The molecular weight excluding hydrogens is 545 g/mol. The van der Waals surface area contributed by atoms with E-state index in [9.17, 15) is 10.3 Å². The van der Waals surface area contributed by atoms with E-state index in [2.05, 4.69) is 75.2 Å². The molecule has 4 heterocycles. The third-order valence-electron chi connectivity index (χ3n) is 9.23. The third kappa shape index (κ3) is 5.35. The van der Waals surface area contributed by atoms with Crippen molar-refractivity contribution < 1.29 is 14.2 Å². The maximum atomic E-state index is 10.7. The number of nitrogens with zero attached hydrogens (tertiary/aromatic N) is 6. The van der Waals surface area contributed by atoms with Crippen LogP contribution >= 0.6 is 0 Å². The van der Waals surface area contributed by atoms with Gasteiger partial charge in [-0.1, -0.05) is 27.7 Å². The minimum Gasteiger partial charge on any atom is -0.432 e. The molecule has 0 aliphatic carbocycles. The standard InChI is InChI=1S/C30H42BN7O3Si/c1-28(2,3)42(8,9)41-19-29(4)16-38(31(6)39)26-21(15-32)12-20(13-22(26)29)23-10-11-33-27(34-23)35-25-14-24(37(7)36-25)30(5)17-40-18-30/h10-14,39H,16-19H2,1-9H3,(H,33,34,35,36). The third-order valence-corrected chi connectivity index (χ3v) is 13.7. The Labute approximate surface area is 250 Å². The number of aromatic nitrogens is 4. The van der Waals surface area contributed by atoms with Crippen molar-refractivity contribution in [1.29, 1.82) is 5.26 Å². The molecule has 1 unspecified atom stereocenters. The van der Waals surface area contributed by atoms with E-state index in [1.54, 1.807) is 13.0 Å². The van der Waals surface area contributed by atoms with E-state index in [1.807, 2.05) is 34.7 Å². The van der Waals surface area contributed by atoms with E-state index >= 15 is 0 Å². The number of aryl methyl sites for hydroxylation is 1. The number of nitriles is 1. The van der Waals surface area contributed by atoms with Gasteiger partial charge in [-0.25, -0.2) is 9.97 Å². The number of benzene rings is 1. The highest BCUT2D eigenvalue weighted by atomic mass is 28.4. The molecule has 5 rings (SSSR count). The molecule has 42 heavy (non-hydrogen) atoms. The molecule has 0 saturated carbocycles. The maximum absolute atomic E-state index is 10.7. The minimum atomic E-state index is -2.04. The van der Waals surface area contributed by atoms with Gasteiger partial charge < -0.3 is 24.3 Å². The molecule has 0 radical (unpaired) electrons. The molecule has 2 aromatic heterocycles. The van der Waals surface area contributed by atoms with Crippen LogP contribution in [0.4, 0.5) is 17.5 Å². The Morgan fingerprint density at radius 1 is 1.24 bits per heavy atom. The molecular formula is C30H42BN7O3Si. The van der Waals surface area contributed by atoms with Crippen LogP contribution in [0.15, 0.2) is 30.5 Å². The molecule has 2 aliphatic rings. The van der Waals surface area contributed by atoms with Crippen molar-refractivity contribution >= 4 is 32.8 Å². The van der Waals surface area contributed by atoms with Crippen molar-refractivity contribution in [2.75, 3.05) is 36.5 Å². The fraction of sp³-hybridized carbons (Fsp3) is 0.533. The predicted octanol–water partition coefficient (Wildman–Crippen LogP) is 4.99. The molecule has 1 fully saturated rings. The zero-order chi connectivity index (χ0) is 30.7. The van der Waals surface area contributed by atoms with E-state index in [4.69, 9.17) is 14.1 Å². The number of hydrogen-bond acceptors (Lipinski definition) is 9. The number of rotatable bonds is 8. The van der Waals surface area contributed by atoms with Gasteiger partial charge in [-0.15, -0.1) is 0 Å². The number of anilines is 3. The first-order chi connectivity index (χ1) is 19.6. The number of ether oxygens (including phenoxy) is 1. The number of hydrogen-bond donors (Lipinski definition) is 2. The Morgan fingerprint density at radius 3 is 2.55 bits per heavy atom. The lowest BCUT2D eigenvalue weighted by Gasteiger charge is -2.39. The Bertz CT molecular complexity index is 1540. The highest BCUT2D eigenvalue weighted by Crippen LogP contribution is 2.47. The van der Waals surface area contributed by atoms with Crippen molar-refractivity contribution in [1.82, 2.24) is 19.7 Å². The summed E-state index contributed by atoms with van der Waals surface area (Å²) in [5.74, 6) is 1.08. The zero-order valence-corrected chi connectivity index (χ0v) is 27.2. The summed E-state index contributed by atoms with van der Waals surface area (Å²) in [6.07, 6.45) is 1.71. The molecule has 10 nitrogen and oxygen atoms in total. The van der Waals surface area contributed by atoms with Crippen molar-refractivity contribution in [3.63, 3.8) is 0 Å². The second kappa shape index (κ2) is 10.5. The Morgan fingerprint density at radius 2 is 1.95 bits per heavy atom. The number of fused-ring (bicyclic) bond motifs is 1. The van der Waals surface area contributed by atoms with Crippen LogP contribution in [0.25, 0.3) is 11.3 Å². The van der Waals surface area contributed by atoms with Crippen LogP contribution < -0.4 is 10.1 Å². The predicted molar refractivity (Wildman–Crippen MR) is 169 cm³/mol. The molecule has 1 aromatic carbocycles. The van der Waals surface area contributed by atoms with Gasteiger partial charge in [0.25, 0.3) is 0 Å². The molecule has 2 N–H and O–H groups in total. The first-order valence-electron chi connectivity index (χ1n) is 14.5. The summed E-state index contributed by atoms with van der Waals surface area (Å²) < 4.78 is 14.0. The van der Waals surface area contributed by atoms with E-state index in [-0.39, 0.29) is 10.5 Å². The van der Waals surface area contributed by atoms with Gasteiger partial charge in [-0.3, -0.25) is 4.68 Å². The van der Waals surface area contributed by atoms with Crippen LogP contribution in [0.3, 0.4) is 0 Å². The molecule has 2 aliphatic heterocycles. The molecule has 0 spiro atoms. The normalized spacial score (nSPS) is 19.7. The van der Waals surface area contributed by atoms with E-state index in [1.165, 1.54) is 0 Å². The van der Waals surface area contributed by atoms with Gasteiger partial charge in [0.15, 0.2) is 14.1 Å². The molecule has 0 amide bonds. The van der Waals surface area contributed by atoms with Crippen LogP contribution in [0, 0.1) is 11.3 Å². The Balaban J connectivity index is 1.50. The lowest BCUT2D eigenvalue weighted by atomic mass is 9.83. The van der Waals surface area contributed by atoms with Gasteiger partial charge in [0.1, 0.15) is 6.07 Å². The Hall–Kier alpha value is -3.24. The zero-order valence-electron chi connectivity index (χ0n) is 26.2. The average molecular weight is 588 g/mol. The average Bonchev–Trinajstić information content (AvgIpc) is 3.42.